The number of benzene rings is 2. The van der Waals surface area contributed by atoms with Crippen LogP contribution < -0.4 is 11.1 Å². The van der Waals surface area contributed by atoms with E-state index in [1.807, 2.05) is 24.3 Å². The lowest BCUT2D eigenvalue weighted by Gasteiger charge is -2.32. The smallest absolute Gasteiger partial charge is 0.248 e. The second-order valence-electron chi connectivity index (χ2n) is 8.53. The van der Waals surface area contributed by atoms with Gasteiger partial charge in [-0.1, -0.05) is 54.1 Å². The van der Waals surface area contributed by atoms with Crippen molar-refractivity contribution in [2.24, 2.45) is 11.7 Å². The summed E-state index contributed by atoms with van der Waals surface area (Å²) in [5.41, 5.74) is 9.92. The zero-order valence-corrected chi connectivity index (χ0v) is 17.2. The fourth-order valence-electron chi connectivity index (χ4n) is 4.39. The van der Waals surface area contributed by atoms with Crippen molar-refractivity contribution in [2.75, 3.05) is 13.1 Å². The van der Waals surface area contributed by atoms with Gasteiger partial charge in [-0.15, -0.1) is 0 Å². The molecule has 29 heavy (non-hydrogen) atoms. The molecular formula is C25H31N3O. The summed E-state index contributed by atoms with van der Waals surface area (Å²) in [4.78, 5) is 13.7. The van der Waals surface area contributed by atoms with Crippen LogP contribution in [0.25, 0.3) is 6.08 Å². The highest BCUT2D eigenvalue weighted by Crippen LogP contribution is 2.38. The van der Waals surface area contributed by atoms with E-state index in [-0.39, 0.29) is 5.91 Å². The first kappa shape index (κ1) is 19.9. The Balaban J connectivity index is 1.21. The van der Waals surface area contributed by atoms with Gasteiger partial charge < -0.3 is 11.1 Å². The molecule has 4 rings (SSSR count). The summed E-state index contributed by atoms with van der Waals surface area (Å²) in [7, 11) is 0. The average molecular weight is 390 g/mol. The fourth-order valence-corrected chi connectivity index (χ4v) is 4.39. The number of hydrogen-bond donors (Lipinski definition) is 2. The molecule has 1 heterocycles. The fraction of sp³-hybridized carbons (Fsp3) is 0.400. The number of carbonyl (C=O) groups is 1. The van der Waals surface area contributed by atoms with Gasteiger partial charge in [0.2, 0.25) is 5.91 Å². The number of amides is 1. The lowest BCUT2D eigenvalue weighted by molar-refractivity contribution is 0.1000. The van der Waals surface area contributed by atoms with E-state index >= 15 is 0 Å². The Bertz CT molecular complexity index is 851. The van der Waals surface area contributed by atoms with Crippen LogP contribution in [-0.2, 0) is 6.54 Å². The quantitative estimate of drug-likeness (QED) is 0.757. The lowest BCUT2D eigenvalue weighted by atomic mass is 10.0. The van der Waals surface area contributed by atoms with Gasteiger partial charge in [-0.2, -0.15) is 0 Å². The van der Waals surface area contributed by atoms with Crippen molar-refractivity contribution < 1.29 is 4.79 Å². The molecule has 2 atom stereocenters. The summed E-state index contributed by atoms with van der Waals surface area (Å²) in [5.74, 6) is 0.327. The molecule has 4 nitrogen and oxygen atoms in total. The van der Waals surface area contributed by atoms with Crippen molar-refractivity contribution in [1.82, 2.24) is 10.2 Å². The van der Waals surface area contributed by atoms with Gasteiger partial charge >= 0.3 is 0 Å². The summed E-state index contributed by atoms with van der Waals surface area (Å²) in [6, 6.07) is 19.6. The predicted octanol–water partition coefficient (Wildman–Crippen LogP) is 3.83. The second kappa shape index (κ2) is 8.93. The minimum atomic E-state index is -0.365. The van der Waals surface area contributed by atoms with Crippen LogP contribution in [0.2, 0.25) is 0 Å². The standard InChI is InChI=1S/C25H31N3O/c1-18(15-19-5-3-2-4-6-19)23-16-24(23)27-22-11-13-28(14-12-22)17-20-7-9-21(10-8-20)25(26)29/h2-10,15,22-24,27H,11-14,16-17H2,1H3,(H2,26,29)/t23?,24-/m0/s1. The highest BCUT2D eigenvalue weighted by molar-refractivity contribution is 5.92. The molecule has 1 saturated carbocycles. The molecule has 0 aromatic heterocycles. The van der Waals surface area contributed by atoms with Crippen molar-refractivity contribution in [3.63, 3.8) is 0 Å². The first-order valence-corrected chi connectivity index (χ1v) is 10.7. The molecule has 1 amide bonds. The summed E-state index contributed by atoms with van der Waals surface area (Å²) < 4.78 is 0. The maximum atomic E-state index is 11.2. The molecule has 1 unspecified atom stereocenters. The van der Waals surface area contributed by atoms with Crippen LogP contribution in [0, 0.1) is 5.92 Å². The molecule has 2 aromatic carbocycles. The first-order valence-electron chi connectivity index (χ1n) is 10.7. The van der Waals surface area contributed by atoms with E-state index in [0.29, 0.717) is 23.6 Å². The molecule has 0 bridgehead atoms. The lowest BCUT2D eigenvalue weighted by Crippen LogP contribution is -2.43. The number of primary amides is 1. The van der Waals surface area contributed by atoms with E-state index in [2.05, 4.69) is 53.5 Å². The number of nitrogens with one attached hydrogen (secondary N) is 1. The van der Waals surface area contributed by atoms with Crippen molar-refractivity contribution in [1.29, 1.82) is 0 Å². The number of likely N-dealkylation sites (tertiary alicyclic amines) is 1. The maximum Gasteiger partial charge on any atom is 0.248 e. The van der Waals surface area contributed by atoms with Crippen LogP contribution in [0.15, 0.2) is 60.2 Å². The van der Waals surface area contributed by atoms with Gasteiger partial charge in [0.1, 0.15) is 0 Å². The third-order valence-corrected chi connectivity index (χ3v) is 6.25. The third-order valence-electron chi connectivity index (χ3n) is 6.25. The average Bonchev–Trinajstić information content (AvgIpc) is 3.50. The Morgan fingerprint density at radius 1 is 1.10 bits per heavy atom. The summed E-state index contributed by atoms with van der Waals surface area (Å²) in [5, 5.41) is 3.90. The van der Waals surface area contributed by atoms with E-state index in [0.717, 1.165) is 19.6 Å². The van der Waals surface area contributed by atoms with Gasteiger partial charge in [-0.3, -0.25) is 9.69 Å². The molecule has 0 spiro atoms. The van der Waals surface area contributed by atoms with Gasteiger partial charge in [0.25, 0.3) is 0 Å². The van der Waals surface area contributed by atoms with Gasteiger partial charge in [-0.25, -0.2) is 0 Å². The summed E-state index contributed by atoms with van der Waals surface area (Å²) in [6.07, 6.45) is 5.99. The molecular weight excluding hydrogens is 358 g/mol. The molecule has 0 radical (unpaired) electrons. The maximum absolute atomic E-state index is 11.2. The van der Waals surface area contributed by atoms with E-state index in [4.69, 9.17) is 5.73 Å². The Morgan fingerprint density at radius 3 is 2.45 bits per heavy atom. The van der Waals surface area contributed by atoms with E-state index in [1.54, 1.807) is 0 Å². The van der Waals surface area contributed by atoms with Crippen LogP contribution in [-0.4, -0.2) is 36.0 Å². The van der Waals surface area contributed by atoms with Crippen molar-refractivity contribution in [3.8, 4) is 0 Å². The molecule has 152 valence electrons. The predicted molar refractivity (Wildman–Crippen MR) is 118 cm³/mol. The highest BCUT2D eigenvalue weighted by atomic mass is 16.1. The van der Waals surface area contributed by atoms with Crippen LogP contribution in [0.5, 0.6) is 0 Å². The van der Waals surface area contributed by atoms with Crippen LogP contribution >= 0.6 is 0 Å². The summed E-state index contributed by atoms with van der Waals surface area (Å²) >= 11 is 0. The minimum absolute atomic E-state index is 0.365. The SMILES string of the molecule is CC(=Cc1ccccc1)C1C[C@@H]1NC1CCN(Cc2ccc(C(N)=O)cc2)CC1. The molecule has 3 N–H and O–H groups in total. The molecule has 1 saturated heterocycles. The van der Waals surface area contributed by atoms with Gasteiger partial charge in [-0.05, 0) is 68.5 Å². The molecule has 4 heteroatoms. The second-order valence-corrected chi connectivity index (χ2v) is 8.53. The number of piperidine rings is 1. The Labute approximate surface area is 173 Å². The molecule has 2 aromatic rings. The number of carbonyl (C=O) groups excluding carboxylic acids is 1. The van der Waals surface area contributed by atoms with E-state index in [9.17, 15) is 4.79 Å². The zero-order valence-electron chi connectivity index (χ0n) is 17.2. The topological polar surface area (TPSA) is 58.4 Å². The van der Waals surface area contributed by atoms with Gasteiger partial charge in [0.05, 0.1) is 0 Å². The molecule has 1 aliphatic carbocycles. The van der Waals surface area contributed by atoms with Crippen molar-refractivity contribution in [2.45, 2.75) is 44.8 Å². The van der Waals surface area contributed by atoms with Crippen LogP contribution in [0.4, 0.5) is 0 Å². The summed E-state index contributed by atoms with van der Waals surface area (Å²) in [6.45, 7) is 5.44. The number of rotatable bonds is 7. The number of hydrogen-bond acceptors (Lipinski definition) is 3. The molecule has 2 aliphatic rings. The van der Waals surface area contributed by atoms with Gasteiger partial charge in [0.15, 0.2) is 0 Å². The minimum Gasteiger partial charge on any atom is -0.366 e. The highest BCUT2D eigenvalue weighted by Gasteiger charge is 2.39. The largest absolute Gasteiger partial charge is 0.366 e. The normalized spacial score (nSPS) is 23.1. The van der Waals surface area contributed by atoms with E-state index in [1.165, 1.54) is 36.0 Å². The molecule has 2 fully saturated rings. The van der Waals surface area contributed by atoms with Gasteiger partial charge in [0, 0.05) is 24.2 Å². The van der Waals surface area contributed by atoms with Crippen molar-refractivity contribution in [3.05, 3.63) is 76.9 Å². The Hall–Kier alpha value is -2.43. The number of nitrogens with zero attached hydrogens (tertiary/aromatic N) is 1. The number of nitrogens with two attached hydrogens (primary N) is 1. The zero-order chi connectivity index (χ0) is 20.2. The first-order chi connectivity index (χ1) is 14.1. The van der Waals surface area contributed by atoms with E-state index < -0.39 is 0 Å². The van der Waals surface area contributed by atoms with Crippen LogP contribution in [0.1, 0.15) is 47.7 Å². The third kappa shape index (κ3) is 5.34. The Kier molecular flexibility index (Phi) is 6.12. The monoisotopic (exact) mass is 389 g/mol. The molecule has 1 aliphatic heterocycles. The Morgan fingerprint density at radius 2 is 1.79 bits per heavy atom. The van der Waals surface area contributed by atoms with Crippen molar-refractivity contribution >= 4 is 12.0 Å². The van der Waals surface area contributed by atoms with Crippen LogP contribution in [0.3, 0.4) is 0 Å².